The Bertz CT molecular complexity index is 1500. The summed E-state index contributed by atoms with van der Waals surface area (Å²) in [7, 11) is 0. The Morgan fingerprint density at radius 2 is 2.03 bits per heavy atom. The molecule has 1 N–H and O–H groups in total. The van der Waals surface area contributed by atoms with E-state index in [2.05, 4.69) is 55.5 Å². The Morgan fingerprint density at radius 3 is 2.89 bits per heavy atom. The van der Waals surface area contributed by atoms with Gasteiger partial charge >= 0.3 is 51.4 Å². The van der Waals surface area contributed by atoms with Gasteiger partial charge in [-0.2, -0.15) is 0 Å². The molecule has 172 valence electrons. The normalized spacial score (nSPS) is 13.2. The van der Waals surface area contributed by atoms with Crippen LogP contribution in [0.5, 0.6) is 5.88 Å². The van der Waals surface area contributed by atoms with Gasteiger partial charge in [0.15, 0.2) is 0 Å². The number of halogens is 1. The molecule has 0 saturated heterocycles. The van der Waals surface area contributed by atoms with Crippen molar-refractivity contribution in [3.8, 4) is 5.88 Å². The Morgan fingerprint density at radius 1 is 1.14 bits per heavy atom. The summed E-state index contributed by atoms with van der Waals surface area (Å²) in [4.78, 5) is 23.0. The molecule has 0 unspecified atom stereocenters. The van der Waals surface area contributed by atoms with Crippen LogP contribution in [0.2, 0.25) is 5.02 Å². The van der Waals surface area contributed by atoms with Crippen LogP contribution >= 0.6 is 11.6 Å². The molecule has 5 aromatic heterocycles. The molecule has 9 nitrogen and oxygen atoms in total. The fourth-order valence-electron chi connectivity index (χ4n) is 4.04. The van der Waals surface area contributed by atoms with Gasteiger partial charge in [0.1, 0.15) is 17.8 Å². The van der Waals surface area contributed by atoms with E-state index in [9.17, 15) is 0 Å². The average molecular weight is 513 g/mol. The second kappa shape index (κ2) is 10.5. The number of anilines is 1. The second-order valence-electron chi connectivity index (χ2n) is 8.50. The monoisotopic (exact) mass is 512 g/mol. The van der Waals surface area contributed by atoms with Crippen LogP contribution in [0.1, 0.15) is 41.3 Å². The van der Waals surface area contributed by atoms with Crippen molar-refractivity contribution in [2.24, 2.45) is 0 Å². The van der Waals surface area contributed by atoms with Crippen molar-refractivity contribution in [2.75, 3.05) is 5.32 Å². The molecule has 35 heavy (non-hydrogen) atoms. The summed E-state index contributed by atoms with van der Waals surface area (Å²) in [5.74, 6) is 1.69. The van der Waals surface area contributed by atoms with Crippen molar-refractivity contribution in [2.45, 2.75) is 38.8 Å². The second-order valence-corrected chi connectivity index (χ2v) is 8.93. The Labute approximate surface area is 249 Å². The molecule has 5 aromatic rings. The molecule has 1 aliphatic rings. The smallest absolute Gasteiger partial charge is 0.573 e. The van der Waals surface area contributed by atoms with Crippen molar-refractivity contribution in [1.29, 1.82) is 0 Å². The van der Waals surface area contributed by atoms with Crippen molar-refractivity contribution in [1.82, 2.24) is 28.7 Å². The number of nitrogens with zero attached hydrogens (tertiary/aromatic N) is 7. The first-order valence-electron chi connectivity index (χ1n) is 11.1. The minimum Gasteiger partial charge on any atom is -0.573 e. The zero-order valence-corrected chi connectivity index (χ0v) is 23.4. The first kappa shape index (κ1) is 24.6. The maximum atomic E-state index is 6.09. The molecule has 1 saturated carbocycles. The minimum absolute atomic E-state index is 0. The summed E-state index contributed by atoms with van der Waals surface area (Å²) in [5.41, 5.74) is 10.3. The molecule has 0 bridgehead atoms. The van der Waals surface area contributed by atoms with E-state index in [-0.39, 0.29) is 57.9 Å². The topological polar surface area (TPSA) is 95.7 Å². The molecule has 0 amide bonds. The third-order valence-corrected chi connectivity index (χ3v) is 6.14. The van der Waals surface area contributed by atoms with Crippen LogP contribution in [0, 0.1) is 6.92 Å². The number of fused-ring (bicyclic) bond motifs is 2. The van der Waals surface area contributed by atoms with Crippen LogP contribution in [0.25, 0.3) is 16.6 Å². The van der Waals surface area contributed by atoms with E-state index < -0.39 is 0 Å². The molecule has 0 aromatic carbocycles. The predicted molar refractivity (Wildman–Crippen MR) is 129 cm³/mol. The summed E-state index contributed by atoms with van der Waals surface area (Å²) in [5, 5.41) is 3.93. The minimum atomic E-state index is 0. The van der Waals surface area contributed by atoms with Crippen LogP contribution in [0.15, 0.2) is 55.5 Å². The maximum absolute atomic E-state index is 6.09. The van der Waals surface area contributed by atoms with Crippen molar-refractivity contribution >= 4 is 28.6 Å². The van der Waals surface area contributed by atoms with E-state index in [0.717, 1.165) is 22.6 Å². The summed E-state index contributed by atoms with van der Waals surface area (Å²) in [6, 6.07) is 7.62. The summed E-state index contributed by atoms with van der Waals surface area (Å²) in [6.45, 7) is 2.92. The average Bonchev–Trinajstić information content (AvgIpc) is 3.49. The molecular weight excluding hydrogens is 491 g/mol. The number of hydroxylamine groups is 1. The summed E-state index contributed by atoms with van der Waals surface area (Å²) >= 11 is 6.09. The van der Waals surface area contributed by atoms with Crippen molar-refractivity contribution < 1.29 is 56.2 Å². The van der Waals surface area contributed by atoms with Crippen molar-refractivity contribution in [3.05, 3.63) is 88.5 Å². The summed E-state index contributed by atoms with van der Waals surface area (Å²) in [6.07, 6.45) is 11.8. The van der Waals surface area contributed by atoms with E-state index in [4.69, 9.17) is 21.4 Å². The van der Waals surface area contributed by atoms with Crippen LogP contribution in [0.4, 0.5) is 5.82 Å². The van der Waals surface area contributed by atoms with E-state index in [1.165, 1.54) is 30.3 Å². The van der Waals surface area contributed by atoms with Crippen LogP contribution < -0.4 is 61.5 Å². The number of imidazole rings is 2. The Kier molecular flexibility index (Phi) is 7.40. The summed E-state index contributed by atoms with van der Waals surface area (Å²) < 4.78 is 4.01. The number of aryl methyl sites for hydroxylation is 1. The molecule has 0 radical (unpaired) electrons. The van der Waals surface area contributed by atoms with Crippen LogP contribution in [0.3, 0.4) is 0 Å². The first-order chi connectivity index (χ1) is 16.6. The molecule has 0 atom stereocenters. The molecule has 1 fully saturated rings. The van der Waals surface area contributed by atoms with Gasteiger partial charge in [-0.3, -0.25) is 0 Å². The molecule has 6 rings (SSSR count). The SMILES string of the molecule is Cc1cc(C2CC2)cn2cc(CNc3cc(O[N-]Cc4ncn5ccc(Cl)cc45)ncn3)nc12.[K+]. The Balaban J connectivity index is 0.00000253. The van der Waals surface area contributed by atoms with Gasteiger partial charge in [-0.15, -0.1) is 0 Å². The van der Waals surface area contributed by atoms with Gasteiger partial charge in [0, 0.05) is 35.4 Å². The third-order valence-electron chi connectivity index (χ3n) is 5.90. The maximum Gasteiger partial charge on any atom is 1.00 e. The molecule has 1 aliphatic carbocycles. The van der Waals surface area contributed by atoms with E-state index >= 15 is 0 Å². The number of aromatic nitrogens is 6. The molecule has 5 heterocycles. The number of rotatable bonds is 8. The van der Waals surface area contributed by atoms with Gasteiger partial charge in [-0.05, 0) is 48.9 Å². The molecule has 11 heteroatoms. The standard InChI is InChI=1S/C24H22ClN8O.K/c1-15-6-17(16-2-3-16)11-33-12-19(31-24(15)33)9-26-22-8-23(28-13-27-22)34-30-10-20-21-7-18(25)4-5-32(21)14-29-20;/h4-8,11-14,16H,2-3,9-10H2,1H3,(H,26,27,28);/q-1;+1. The largest absolute Gasteiger partial charge is 1.00 e. The number of nitrogens with one attached hydrogen (secondary N) is 1. The van der Waals surface area contributed by atoms with Gasteiger partial charge in [-0.1, -0.05) is 24.2 Å². The zero-order chi connectivity index (χ0) is 23.1. The van der Waals surface area contributed by atoms with Gasteiger partial charge < -0.3 is 24.4 Å². The number of pyridine rings is 2. The quantitative estimate of drug-likeness (QED) is 0.253. The van der Waals surface area contributed by atoms with Crippen LogP contribution in [-0.4, -0.2) is 28.7 Å². The van der Waals surface area contributed by atoms with Gasteiger partial charge in [0.2, 0.25) is 5.88 Å². The van der Waals surface area contributed by atoms with Gasteiger partial charge in [-0.25, -0.2) is 19.9 Å². The van der Waals surface area contributed by atoms with Crippen LogP contribution in [-0.2, 0) is 13.1 Å². The van der Waals surface area contributed by atoms with Gasteiger partial charge in [0.25, 0.3) is 0 Å². The zero-order valence-electron chi connectivity index (χ0n) is 19.5. The van der Waals surface area contributed by atoms with Gasteiger partial charge in [0.05, 0.1) is 24.1 Å². The fourth-order valence-corrected chi connectivity index (χ4v) is 4.20. The molecule has 0 spiro atoms. The fraction of sp³-hybridized carbons (Fsp3) is 0.250. The van der Waals surface area contributed by atoms with Crippen molar-refractivity contribution in [3.63, 3.8) is 0 Å². The van der Waals surface area contributed by atoms with E-state index in [1.54, 1.807) is 12.4 Å². The van der Waals surface area contributed by atoms with E-state index in [0.29, 0.717) is 29.2 Å². The predicted octanol–water partition coefficient (Wildman–Crippen LogP) is 2.10. The number of hydrogen-bond donors (Lipinski definition) is 1. The third kappa shape index (κ3) is 5.53. The van der Waals surface area contributed by atoms with E-state index in [1.807, 2.05) is 22.7 Å². The molecular formula is C24H22ClKN8O. The first-order valence-corrected chi connectivity index (χ1v) is 11.5. The number of hydrogen-bond acceptors (Lipinski definition) is 6. The molecule has 0 aliphatic heterocycles. The Hall–Kier alpha value is -2.05.